The van der Waals surface area contributed by atoms with Crippen LogP contribution in [0, 0.1) is 6.92 Å². The number of hydrogen-bond acceptors (Lipinski definition) is 5. The second-order valence-electron chi connectivity index (χ2n) is 5.19. The number of aryl methyl sites for hydroxylation is 1. The van der Waals surface area contributed by atoms with Crippen molar-refractivity contribution in [3.05, 3.63) is 77.7 Å². The normalized spacial score (nSPS) is 11.0. The van der Waals surface area contributed by atoms with Gasteiger partial charge in [0.2, 0.25) is 0 Å². The Morgan fingerprint density at radius 3 is 2.62 bits per heavy atom. The molecular formula is C19H18N2O2S. The first kappa shape index (κ1) is 16.3. The lowest BCUT2D eigenvalue weighted by molar-refractivity contribution is 0.252. The summed E-state index contributed by atoms with van der Waals surface area (Å²) in [4.78, 5) is 0. The van der Waals surface area contributed by atoms with Crippen LogP contribution in [-0.2, 0) is 6.61 Å². The second-order valence-corrected chi connectivity index (χ2v) is 6.16. The van der Waals surface area contributed by atoms with Gasteiger partial charge in [0.25, 0.3) is 11.1 Å². The summed E-state index contributed by atoms with van der Waals surface area (Å²) in [6.07, 6.45) is 4.15. The van der Waals surface area contributed by atoms with Crippen LogP contribution < -0.4 is 4.74 Å². The van der Waals surface area contributed by atoms with E-state index in [1.165, 1.54) is 22.9 Å². The van der Waals surface area contributed by atoms with Crippen LogP contribution in [0.5, 0.6) is 5.75 Å². The van der Waals surface area contributed by atoms with Gasteiger partial charge in [-0.1, -0.05) is 71.9 Å². The minimum absolute atomic E-state index is 0.274. The third-order valence-corrected chi connectivity index (χ3v) is 4.02. The molecule has 0 aliphatic rings. The number of benzene rings is 2. The van der Waals surface area contributed by atoms with Crippen LogP contribution in [0.15, 0.2) is 70.3 Å². The van der Waals surface area contributed by atoms with Gasteiger partial charge in [0.15, 0.2) is 6.61 Å². The number of thioether (sulfide) groups is 1. The number of nitrogens with zero attached hydrogens (tertiary/aromatic N) is 2. The summed E-state index contributed by atoms with van der Waals surface area (Å²) in [6.45, 7) is 2.31. The zero-order chi connectivity index (χ0) is 16.6. The summed E-state index contributed by atoms with van der Waals surface area (Å²) in [6, 6.07) is 18.0. The molecule has 3 aromatic rings. The predicted octanol–water partition coefficient (Wildman–Crippen LogP) is 4.76. The molecule has 2 aromatic carbocycles. The Bertz CT molecular complexity index is 783. The topological polar surface area (TPSA) is 48.2 Å². The molecule has 122 valence electrons. The molecule has 0 N–H and O–H groups in total. The van der Waals surface area contributed by atoms with Crippen LogP contribution in [0.2, 0.25) is 0 Å². The maximum Gasteiger partial charge on any atom is 0.277 e. The molecule has 4 nitrogen and oxygen atoms in total. The lowest BCUT2D eigenvalue weighted by Crippen LogP contribution is -1.95. The second kappa shape index (κ2) is 8.36. The molecule has 0 radical (unpaired) electrons. The van der Waals surface area contributed by atoms with Gasteiger partial charge in [-0.25, -0.2) is 0 Å². The molecule has 1 heterocycles. The van der Waals surface area contributed by atoms with Gasteiger partial charge in [-0.05, 0) is 24.6 Å². The van der Waals surface area contributed by atoms with E-state index in [4.69, 9.17) is 9.15 Å². The summed E-state index contributed by atoms with van der Waals surface area (Å²) in [7, 11) is 0. The minimum Gasteiger partial charge on any atom is -0.484 e. The number of aromatic nitrogens is 2. The Labute approximate surface area is 145 Å². The summed E-state index contributed by atoms with van der Waals surface area (Å²) in [5.74, 6) is 2.04. The van der Waals surface area contributed by atoms with Crippen molar-refractivity contribution < 1.29 is 9.15 Å². The molecule has 0 fully saturated rings. The standard InChI is InChI=1S/C19H18N2O2S/c1-15-9-11-17(12-10-15)22-14-18-20-21-19(23-18)24-13-5-8-16-6-3-2-4-7-16/h2-12H,13-14H2,1H3/b8-5-. The molecule has 24 heavy (non-hydrogen) atoms. The Kier molecular flexibility index (Phi) is 5.69. The van der Waals surface area contributed by atoms with E-state index < -0.39 is 0 Å². The molecule has 0 amide bonds. The van der Waals surface area contributed by atoms with Crippen molar-refractivity contribution in [2.75, 3.05) is 5.75 Å². The highest BCUT2D eigenvalue weighted by Crippen LogP contribution is 2.18. The number of rotatable bonds is 7. The Hall–Kier alpha value is -2.53. The summed E-state index contributed by atoms with van der Waals surface area (Å²) in [5, 5.41) is 8.57. The maximum atomic E-state index is 5.62. The lowest BCUT2D eigenvalue weighted by atomic mass is 10.2. The molecule has 0 spiro atoms. The summed E-state index contributed by atoms with van der Waals surface area (Å²) < 4.78 is 11.2. The van der Waals surface area contributed by atoms with E-state index in [0.29, 0.717) is 11.1 Å². The number of hydrogen-bond donors (Lipinski definition) is 0. The van der Waals surface area contributed by atoms with Crippen molar-refractivity contribution in [2.45, 2.75) is 18.8 Å². The van der Waals surface area contributed by atoms with Gasteiger partial charge in [-0.2, -0.15) is 0 Å². The highest BCUT2D eigenvalue weighted by Gasteiger charge is 2.06. The Morgan fingerprint density at radius 1 is 1.04 bits per heavy atom. The molecule has 0 aliphatic heterocycles. The van der Waals surface area contributed by atoms with E-state index in [-0.39, 0.29) is 6.61 Å². The average Bonchev–Trinajstić information content (AvgIpc) is 3.07. The first-order chi connectivity index (χ1) is 11.8. The van der Waals surface area contributed by atoms with Gasteiger partial charge in [0.05, 0.1) is 0 Å². The number of ether oxygens (including phenoxy) is 1. The monoisotopic (exact) mass is 338 g/mol. The largest absolute Gasteiger partial charge is 0.484 e. The Morgan fingerprint density at radius 2 is 1.83 bits per heavy atom. The molecule has 3 rings (SSSR count). The van der Waals surface area contributed by atoms with E-state index >= 15 is 0 Å². The molecule has 0 saturated carbocycles. The van der Waals surface area contributed by atoms with Crippen molar-refractivity contribution >= 4 is 17.8 Å². The zero-order valence-corrected chi connectivity index (χ0v) is 14.2. The smallest absolute Gasteiger partial charge is 0.277 e. The molecule has 1 aromatic heterocycles. The summed E-state index contributed by atoms with van der Waals surface area (Å²) >= 11 is 1.50. The van der Waals surface area contributed by atoms with Crippen LogP contribution in [0.3, 0.4) is 0 Å². The molecule has 0 atom stereocenters. The van der Waals surface area contributed by atoms with E-state index in [9.17, 15) is 0 Å². The Balaban J connectivity index is 1.45. The zero-order valence-electron chi connectivity index (χ0n) is 13.4. The van der Waals surface area contributed by atoms with Crippen molar-refractivity contribution in [1.29, 1.82) is 0 Å². The lowest BCUT2D eigenvalue weighted by Gasteiger charge is -2.02. The van der Waals surface area contributed by atoms with Gasteiger partial charge in [0, 0.05) is 5.75 Å². The van der Waals surface area contributed by atoms with Crippen molar-refractivity contribution in [3.63, 3.8) is 0 Å². The van der Waals surface area contributed by atoms with E-state index in [1.54, 1.807) is 0 Å². The highest BCUT2D eigenvalue weighted by atomic mass is 32.2. The van der Waals surface area contributed by atoms with Crippen LogP contribution >= 0.6 is 11.8 Å². The maximum absolute atomic E-state index is 5.62. The molecule has 0 aliphatic carbocycles. The van der Waals surface area contributed by atoms with Crippen LogP contribution in [0.1, 0.15) is 17.0 Å². The van der Waals surface area contributed by atoms with E-state index in [2.05, 4.69) is 34.5 Å². The fraction of sp³-hybridized carbons (Fsp3) is 0.158. The van der Waals surface area contributed by atoms with Gasteiger partial charge in [-0.15, -0.1) is 10.2 Å². The molecule has 5 heteroatoms. The third kappa shape index (κ3) is 4.99. The fourth-order valence-corrected chi connectivity index (χ4v) is 2.59. The van der Waals surface area contributed by atoms with E-state index in [1.807, 2.05) is 49.4 Å². The molecular weight excluding hydrogens is 320 g/mol. The van der Waals surface area contributed by atoms with Crippen molar-refractivity contribution in [1.82, 2.24) is 10.2 Å². The fourth-order valence-electron chi connectivity index (χ4n) is 2.00. The first-order valence-electron chi connectivity index (χ1n) is 7.66. The average molecular weight is 338 g/mol. The van der Waals surface area contributed by atoms with Crippen LogP contribution in [0.25, 0.3) is 6.08 Å². The van der Waals surface area contributed by atoms with Crippen molar-refractivity contribution in [2.24, 2.45) is 0 Å². The molecule has 0 unspecified atom stereocenters. The van der Waals surface area contributed by atoms with Gasteiger partial charge >= 0.3 is 0 Å². The molecule has 0 saturated heterocycles. The highest BCUT2D eigenvalue weighted by molar-refractivity contribution is 7.99. The first-order valence-corrected chi connectivity index (χ1v) is 8.64. The minimum atomic E-state index is 0.274. The van der Waals surface area contributed by atoms with E-state index in [0.717, 1.165) is 11.5 Å². The van der Waals surface area contributed by atoms with Gasteiger partial charge in [0.1, 0.15) is 5.75 Å². The SMILES string of the molecule is Cc1ccc(OCc2nnc(SC/C=C\c3ccccc3)o2)cc1. The van der Waals surface area contributed by atoms with Crippen LogP contribution in [0.4, 0.5) is 0 Å². The van der Waals surface area contributed by atoms with Gasteiger partial charge in [-0.3, -0.25) is 0 Å². The summed E-state index contributed by atoms with van der Waals surface area (Å²) in [5.41, 5.74) is 2.37. The van der Waals surface area contributed by atoms with Crippen LogP contribution in [-0.4, -0.2) is 16.0 Å². The quantitative estimate of drug-likeness (QED) is 0.581. The van der Waals surface area contributed by atoms with Crippen molar-refractivity contribution in [3.8, 4) is 5.75 Å². The van der Waals surface area contributed by atoms with Gasteiger partial charge < -0.3 is 9.15 Å². The predicted molar refractivity (Wildman–Crippen MR) is 96.0 cm³/mol. The third-order valence-electron chi connectivity index (χ3n) is 3.24. The molecule has 0 bridgehead atoms.